The van der Waals surface area contributed by atoms with Gasteiger partial charge in [0.25, 0.3) is 0 Å². The quantitative estimate of drug-likeness (QED) is 0.572. The van der Waals surface area contributed by atoms with E-state index in [1.165, 1.54) is 0 Å². The third-order valence-corrected chi connectivity index (χ3v) is 2.98. The van der Waals surface area contributed by atoms with E-state index in [1.54, 1.807) is 6.92 Å². The summed E-state index contributed by atoms with van der Waals surface area (Å²) in [4.78, 5) is 10.8. The highest BCUT2D eigenvalue weighted by Crippen LogP contribution is 2.29. The van der Waals surface area contributed by atoms with Crippen LogP contribution in [0.5, 0.6) is 0 Å². The van der Waals surface area contributed by atoms with Gasteiger partial charge in [-0.15, -0.1) is 0 Å². The first-order valence-electron chi connectivity index (χ1n) is 4.62. The maximum atomic E-state index is 10.8. The Morgan fingerprint density at radius 3 is 2.23 bits per heavy atom. The van der Waals surface area contributed by atoms with Crippen LogP contribution in [0.3, 0.4) is 0 Å². The molecule has 4 nitrogen and oxygen atoms in total. The van der Waals surface area contributed by atoms with Crippen molar-refractivity contribution in [1.82, 2.24) is 5.32 Å². The number of carboxylic acid groups (broad SMARTS) is 1. The molecule has 0 amide bonds. The Morgan fingerprint density at radius 2 is 2.00 bits per heavy atom. The third-order valence-electron chi connectivity index (χ3n) is 2.98. The van der Waals surface area contributed by atoms with Gasteiger partial charge in [0.15, 0.2) is 0 Å². The Morgan fingerprint density at radius 1 is 1.46 bits per heavy atom. The van der Waals surface area contributed by atoms with Crippen LogP contribution < -0.4 is 5.32 Å². The number of aliphatic hydroxyl groups excluding tert-OH is 1. The standard InChI is InChI=1S/C9H17NO3/c1-4-7(6(3)11)5(2)10-8(4)9(12)13/h4-8,10-11H,1-3H3,(H,12,13)/t4-,5-,6+,7-,8-/m1/s1. The smallest absolute Gasteiger partial charge is 0.320 e. The molecule has 3 N–H and O–H groups in total. The second-order valence-corrected chi connectivity index (χ2v) is 3.95. The van der Waals surface area contributed by atoms with Gasteiger partial charge in [-0.1, -0.05) is 6.92 Å². The minimum Gasteiger partial charge on any atom is -0.480 e. The zero-order valence-electron chi connectivity index (χ0n) is 8.19. The molecule has 1 fully saturated rings. The van der Waals surface area contributed by atoms with Gasteiger partial charge in [0.1, 0.15) is 6.04 Å². The highest BCUT2D eigenvalue weighted by molar-refractivity contribution is 5.74. The van der Waals surface area contributed by atoms with Gasteiger partial charge in [-0.25, -0.2) is 0 Å². The molecule has 0 spiro atoms. The molecule has 0 saturated carbocycles. The summed E-state index contributed by atoms with van der Waals surface area (Å²) in [5.74, 6) is -0.823. The van der Waals surface area contributed by atoms with Gasteiger partial charge in [-0.3, -0.25) is 4.79 Å². The Labute approximate surface area is 78.0 Å². The lowest BCUT2D eigenvalue weighted by atomic mass is 9.85. The van der Waals surface area contributed by atoms with Crippen molar-refractivity contribution in [3.8, 4) is 0 Å². The summed E-state index contributed by atoms with van der Waals surface area (Å²) in [5, 5.41) is 21.3. The predicted molar refractivity (Wildman–Crippen MR) is 48.4 cm³/mol. The fraction of sp³-hybridized carbons (Fsp3) is 0.889. The Balaban J connectivity index is 2.75. The van der Waals surface area contributed by atoms with Gasteiger partial charge in [0.05, 0.1) is 6.10 Å². The first-order chi connectivity index (χ1) is 5.95. The Hall–Kier alpha value is -0.610. The van der Waals surface area contributed by atoms with Gasteiger partial charge < -0.3 is 15.5 Å². The van der Waals surface area contributed by atoms with E-state index in [0.29, 0.717) is 0 Å². The number of nitrogens with one attached hydrogen (secondary N) is 1. The summed E-state index contributed by atoms with van der Waals surface area (Å²) in [6, 6.07) is -0.453. The molecule has 4 heteroatoms. The van der Waals surface area contributed by atoms with E-state index in [2.05, 4.69) is 5.32 Å². The molecular weight excluding hydrogens is 170 g/mol. The molecule has 0 aromatic rings. The molecule has 0 aliphatic carbocycles. The van der Waals surface area contributed by atoms with Crippen molar-refractivity contribution in [2.45, 2.75) is 39.0 Å². The number of carboxylic acids is 1. The van der Waals surface area contributed by atoms with Crippen LogP contribution in [0.4, 0.5) is 0 Å². The number of rotatable bonds is 2. The molecule has 0 aromatic heterocycles. The third kappa shape index (κ3) is 1.84. The number of aliphatic carboxylic acids is 1. The molecule has 1 saturated heterocycles. The molecule has 0 aromatic carbocycles. The molecule has 5 atom stereocenters. The Bertz CT molecular complexity index is 205. The lowest BCUT2D eigenvalue weighted by Gasteiger charge is -2.22. The number of carbonyl (C=O) groups is 1. The number of hydrogen-bond donors (Lipinski definition) is 3. The zero-order valence-corrected chi connectivity index (χ0v) is 8.19. The van der Waals surface area contributed by atoms with E-state index < -0.39 is 18.1 Å². The van der Waals surface area contributed by atoms with Crippen molar-refractivity contribution in [2.24, 2.45) is 11.8 Å². The van der Waals surface area contributed by atoms with Crippen LogP contribution in [-0.4, -0.2) is 34.4 Å². The van der Waals surface area contributed by atoms with E-state index in [0.717, 1.165) is 0 Å². The van der Waals surface area contributed by atoms with Gasteiger partial charge in [0.2, 0.25) is 0 Å². The molecule has 76 valence electrons. The number of hydrogen-bond acceptors (Lipinski definition) is 3. The monoisotopic (exact) mass is 187 g/mol. The molecule has 0 unspecified atom stereocenters. The van der Waals surface area contributed by atoms with Crippen molar-refractivity contribution >= 4 is 5.97 Å². The van der Waals surface area contributed by atoms with Crippen LogP contribution in [0.1, 0.15) is 20.8 Å². The van der Waals surface area contributed by atoms with E-state index in [9.17, 15) is 9.90 Å². The van der Waals surface area contributed by atoms with E-state index in [1.807, 2.05) is 13.8 Å². The summed E-state index contributed by atoms with van der Waals surface area (Å²) in [6.07, 6.45) is -0.457. The van der Waals surface area contributed by atoms with Crippen LogP contribution in [0, 0.1) is 11.8 Å². The summed E-state index contributed by atoms with van der Waals surface area (Å²) >= 11 is 0. The molecule has 13 heavy (non-hydrogen) atoms. The molecule has 1 aliphatic heterocycles. The van der Waals surface area contributed by atoms with Crippen LogP contribution in [-0.2, 0) is 4.79 Å². The van der Waals surface area contributed by atoms with Gasteiger partial charge in [-0.2, -0.15) is 0 Å². The fourth-order valence-corrected chi connectivity index (χ4v) is 2.38. The highest BCUT2D eigenvalue weighted by atomic mass is 16.4. The normalized spacial score (nSPS) is 41.8. The van der Waals surface area contributed by atoms with Gasteiger partial charge in [-0.05, 0) is 19.8 Å². The van der Waals surface area contributed by atoms with Crippen molar-refractivity contribution in [1.29, 1.82) is 0 Å². The predicted octanol–water partition coefficient (Wildman–Crippen LogP) is 0.0644. The van der Waals surface area contributed by atoms with Crippen LogP contribution in [0.25, 0.3) is 0 Å². The van der Waals surface area contributed by atoms with Gasteiger partial charge >= 0.3 is 5.97 Å². The van der Waals surface area contributed by atoms with Crippen molar-refractivity contribution in [3.63, 3.8) is 0 Å². The first-order valence-corrected chi connectivity index (χ1v) is 4.62. The Kier molecular flexibility index (Phi) is 2.93. The van der Waals surface area contributed by atoms with Crippen LogP contribution >= 0.6 is 0 Å². The molecule has 0 bridgehead atoms. The average molecular weight is 187 g/mol. The fourth-order valence-electron chi connectivity index (χ4n) is 2.38. The van der Waals surface area contributed by atoms with Crippen molar-refractivity contribution in [2.75, 3.05) is 0 Å². The topological polar surface area (TPSA) is 69.6 Å². The zero-order chi connectivity index (χ0) is 10.2. The minimum absolute atomic E-state index is 0.0208. The largest absolute Gasteiger partial charge is 0.480 e. The maximum Gasteiger partial charge on any atom is 0.320 e. The SMILES string of the molecule is C[C@@H]1[C@@H]([C@H](C)O)[C@@H](C)N[C@H]1C(=O)O. The molecular formula is C9H17NO3. The summed E-state index contributed by atoms with van der Waals surface area (Å²) in [5.41, 5.74) is 0. The number of aliphatic hydroxyl groups is 1. The van der Waals surface area contributed by atoms with E-state index in [-0.39, 0.29) is 17.9 Å². The molecule has 1 aliphatic rings. The summed E-state index contributed by atoms with van der Waals surface area (Å²) in [7, 11) is 0. The maximum absolute atomic E-state index is 10.8. The highest BCUT2D eigenvalue weighted by Gasteiger charge is 2.43. The molecule has 1 rings (SSSR count). The van der Waals surface area contributed by atoms with E-state index in [4.69, 9.17) is 5.11 Å². The lowest BCUT2D eigenvalue weighted by molar-refractivity contribution is -0.140. The molecule has 0 radical (unpaired) electrons. The second kappa shape index (κ2) is 3.64. The minimum atomic E-state index is -0.831. The average Bonchev–Trinajstić information content (AvgIpc) is 2.26. The van der Waals surface area contributed by atoms with E-state index >= 15 is 0 Å². The lowest BCUT2D eigenvalue weighted by Crippen LogP contribution is -2.36. The van der Waals surface area contributed by atoms with Crippen LogP contribution in [0.2, 0.25) is 0 Å². The van der Waals surface area contributed by atoms with Crippen molar-refractivity contribution in [3.05, 3.63) is 0 Å². The van der Waals surface area contributed by atoms with Gasteiger partial charge in [0, 0.05) is 12.0 Å². The summed E-state index contributed by atoms with van der Waals surface area (Å²) in [6.45, 7) is 5.49. The molecule has 1 heterocycles. The summed E-state index contributed by atoms with van der Waals surface area (Å²) < 4.78 is 0. The first kappa shape index (κ1) is 10.5. The van der Waals surface area contributed by atoms with Crippen LogP contribution in [0.15, 0.2) is 0 Å². The second-order valence-electron chi connectivity index (χ2n) is 3.95. The van der Waals surface area contributed by atoms with Crippen molar-refractivity contribution < 1.29 is 15.0 Å².